The molecule has 0 aliphatic carbocycles. The maximum atomic E-state index is 9.76. The van der Waals surface area contributed by atoms with E-state index in [0.29, 0.717) is 5.69 Å². The van der Waals surface area contributed by atoms with Crippen molar-refractivity contribution in [3.8, 4) is 5.75 Å². The first-order valence-corrected chi connectivity index (χ1v) is 8.47. The third kappa shape index (κ3) is 4.48. The van der Waals surface area contributed by atoms with Crippen molar-refractivity contribution < 1.29 is 5.11 Å². The number of phenols is 1. The summed E-state index contributed by atoms with van der Waals surface area (Å²) >= 11 is 0. The van der Waals surface area contributed by atoms with Crippen LogP contribution < -0.4 is 4.90 Å². The Morgan fingerprint density at radius 1 is 0.880 bits per heavy atom. The molecule has 3 aromatic carbocycles. The van der Waals surface area contributed by atoms with Crippen LogP contribution in [0.4, 0.5) is 11.4 Å². The van der Waals surface area contributed by atoms with Gasteiger partial charge in [-0.2, -0.15) is 0 Å². The number of hydrogen-bond acceptors (Lipinski definition) is 3. The van der Waals surface area contributed by atoms with Gasteiger partial charge in [0.15, 0.2) is 0 Å². The van der Waals surface area contributed by atoms with Gasteiger partial charge in [0, 0.05) is 25.0 Å². The van der Waals surface area contributed by atoms with Crippen molar-refractivity contribution in [2.75, 3.05) is 11.4 Å². The average molecular weight is 330 g/mol. The first kappa shape index (κ1) is 16.8. The molecule has 3 aromatic rings. The molecule has 0 aliphatic heterocycles. The van der Waals surface area contributed by atoms with Gasteiger partial charge in [0.2, 0.25) is 0 Å². The van der Waals surface area contributed by atoms with Gasteiger partial charge in [-0.3, -0.25) is 4.99 Å². The Labute approximate surface area is 148 Å². The number of aliphatic imine (C=N–C) groups is 1. The first-order valence-electron chi connectivity index (χ1n) is 8.47. The maximum Gasteiger partial charge on any atom is 0.141 e. The van der Waals surface area contributed by atoms with E-state index in [0.717, 1.165) is 18.7 Å². The third-order valence-electron chi connectivity index (χ3n) is 4.09. The summed E-state index contributed by atoms with van der Waals surface area (Å²) in [6.45, 7) is 4.00. The third-order valence-corrected chi connectivity index (χ3v) is 4.09. The zero-order valence-electron chi connectivity index (χ0n) is 14.3. The second-order valence-corrected chi connectivity index (χ2v) is 5.84. The van der Waals surface area contributed by atoms with Crippen LogP contribution in [0.15, 0.2) is 83.9 Å². The molecule has 0 radical (unpaired) electrons. The van der Waals surface area contributed by atoms with Crippen LogP contribution in [0, 0.1) is 0 Å². The molecule has 126 valence electrons. The summed E-state index contributed by atoms with van der Waals surface area (Å²) in [6, 6.07) is 25.9. The molecule has 0 fully saturated rings. The predicted molar refractivity (Wildman–Crippen MR) is 105 cm³/mol. The fraction of sp³-hybridized carbons (Fsp3) is 0.136. The van der Waals surface area contributed by atoms with Crippen LogP contribution in [0.5, 0.6) is 5.75 Å². The molecule has 0 unspecified atom stereocenters. The Hall–Kier alpha value is -3.07. The van der Waals surface area contributed by atoms with Gasteiger partial charge in [-0.15, -0.1) is 0 Å². The van der Waals surface area contributed by atoms with Gasteiger partial charge in [-0.1, -0.05) is 54.6 Å². The molecular weight excluding hydrogens is 308 g/mol. The van der Waals surface area contributed by atoms with Gasteiger partial charge in [0.25, 0.3) is 0 Å². The number of rotatable bonds is 6. The van der Waals surface area contributed by atoms with Crippen LogP contribution in [0.1, 0.15) is 18.1 Å². The van der Waals surface area contributed by atoms with Crippen LogP contribution in [0.3, 0.4) is 0 Å². The van der Waals surface area contributed by atoms with Crippen molar-refractivity contribution >= 4 is 17.6 Å². The minimum Gasteiger partial charge on any atom is -0.506 e. The van der Waals surface area contributed by atoms with Gasteiger partial charge in [-0.05, 0) is 42.3 Å². The standard InChI is InChI=1S/C22H22N2O/c1-2-24(17-19-8-4-3-5-9-19)20-14-12-18(13-15-20)16-23-21-10-6-7-11-22(21)25/h3-16,25H,2,17H2,1H3. The molecule has 0 aromatic heterocycles. The number of phenolic OH excluding ortho intramolecular Hbond substituents is 1. The highest BCUT2D eigenvalue weighted by Gasteiger charge is 2.05. The average Bonchev–Trinajstić information content (AvgIpc) is 2.67. The number of anilines is 1. The number of aromatic hydroxyl groups is 1. The minimum atomic E-state index is 0.190. The monoisotopic (exact) mass is 330 g/mol. The SMILES string of the molecule is CCN(Cc1ccccc1)c1ccc(C=Nc2ccccc2O)cc1. The van der Waals surface area contributed by atoms with Gasteiger partial charge in [0.05, 0.1) is 0 Å². The molecular formula is C22H22N2O. The summed E-state index contributed by atoms with van der Waals surface area (Å²) in [5, 5.41) is 9.76. The van der Waals surface area contributed by atoms with Crippen LogP contribution in [-0.2, 0) is 6.54 Å². The van der Waals surface area contributed by atoms with Crippen molar-refractivity contribution in [1.82, 2.24) is 0 Å². The molecule has 3 rings (SSSR count). The van der Waals surface area contributed by atoms with E-state index in [2.05, 4.69) is 53.2 Å². The molecule has 0 heterocycles. The van der Waals surface area contributed by atoms with Crippen molar-refractivity contribution in [2.45, 2.75) is 13.5 Å². The fourth-order valence-corrected chi connectivity index (χ4v) is 2.68. The van der Waals surface area contributed by atoms with Crippen molar-refractivity contribution in [3.05, 3.63) is 90.0 Å². The minimum absolute atomic E-state index is 0.190. The van der Waals surface area contributed by atoms with Crippen molar-refractivity contribution in [1.29, 1.82) is 0 Å². The van der Waals surface area contributed by atoms with Gasteiger partial charge in [-0.25, -0.2) is 0 Å². The summed E-state index contributed by atoms with van der Waals surface area (Å²) in [7, 11) is 0. The first-order chi connectivity index (χ1) is 12.3. The molecule has 0 atom stereocenters. The maximum absolute atomic E-state index is 9.76. The summed E-state index contributed by atoms with van der Waals surface area (Å²) in [4.78, 5) is 6.68. The quantitative estimate of drug-likeness (QED) is 0.633. The summed E-state index contributed by atoms with van der Waals surface area (Å²) in [5.74, 6) is 0.190. The summed E-state index contributed by atoms with van der Waals surface area (Å²) in [5.41, 5.74) is 4.06. The van der Waals surface area contributed by atoms with E-state index in [1.54, 1.807) is 24.4 Å². The Bertz CT molecular complexity index is 826. The Morgan fingerprint density at radius 3 is 2.24 bits per heavy atom. The second kappa shape index (κ2) is 8.15. The van der Waals surface area contributed by atoms with Crippen LogP contribution >= 0.6 is 0 Å². The zero-order valence-corrected chi connectivity index (χ0v) is 14.3. The molecule has 0 saturated carbocycles. The molecule has 3 heteroatoms. The molecule has 0 aliphatic rings. The lowest BCUT2D eigenvalue weighted by molar-refractivity contribution is 0.477. The Kier molecular flexibility index (Phi) is 5.47. The highest BCUT2D eigenvalue weighted by Crippen LogP contribution is 2.25. The van der Waals surface area contributed by atoms with Crippen molar-refractivity contribution in [2.24, 2.45) is 4.99 Å². The van der Waals surface area contributed by atoms with Crippen molar-refractivity contribution in [3.63, 3.8) is 0 Å². The zero-order chi connectivity index (χ0) is 17.5. The number of hydrogen-bond donors (Lipinski definition) is 1. The topological polar surface area (TPSA) is 35.8 Å². The van der Waals surface area contributed by atoms with Gasteiger partial charge < -0.3 is 10.0 Å². The lowest BCUT2D eigenvalue weighted by Gasteiger charge is -2.23. The smallest absolute Gasteiger partial charge is 0.141 e. The second-order valence-electron chi connectivity index (χ2n) is 5.84. The molecule has 0 saturated heterocycles. The lowest BCUT2D eigenvalue weighted by atomic mass is 10.1. The lowest BCUT2D eigenvalue weighted by Crippen LogP contribution is -2.21. The van der Waals surface area contributed by atoms with Gasteiger partial charge >= 0.3 is 0 Å². The number of nitrogens with zero attached hydrogens (tertiary/aromatic N) is 2. The molecule has 0 bridgehead atoms. The van der Waals surface area contributed by atoms with E-state index < -0.39 is 0 Å². The Balaban J connectivity index is 1.71. The van der Waals surface area contributed by atoms with E-state index in [1.807, 2.05) is 24.3 Å². The molecule has 1 N–H and O–H groups in total. The molecule has 25 heavy (non-hydrogen) atoms. The van der Waals surface area contributed by atoms with E-state index in [4.69, 9.17) is 0 Å². The molecule has 0 amide bonds. The van der Waals surface area contributed by atoms with Crippen LogP contribution in [0.2, 0.25) is 0 Å². The van der Waals surface area contributed by atoms with E-state index in [1.165, 1.54) is 11.3 Å². The van der Waals surface area contributed by atoms with Gasteiger partial charge in [0.1, 0.15) is 11.4 Å². The fourth-order valence-electron chi connectivity index (χ4n) is 2.68. The number of benzene rings is 3. The summed E-state index contributed by atoms with van der Waals surface area (Å²) in [6.07, 6.45) is 1.77. The van der Waals surface area contributed by atoms with E-state index in [-0.39, 0.29) is 5.75 Å². The van der Waals surface area contributed by atoms with Crippen LogP contribution in [0.25, 0.3) is 0 Å². The Morgan fingerprint density at radius 2 is 1.56 bits per heavy atom. The van der Waals surface area contributed by atoms with E-state index in [9.17, 15) is 5.11 Å². The normalized spacial score (nSPS) is 10.9. The number of para-hydroxylation sites is 2. The molecule has 0 spiro atoms. The summed E-state index contributed by atoms with van der Waals surface area (Å²) < 4.78 is 0. The highest BCUT2D eigenvalue weighted by atomic mass is 16.3. The predicted octanol–water partition coefficient (Wildman–Crippen LogP) is 5.17. The van der Waals surface area contributed by atoms with E-state index >= 15 is 0 Å². The highest BCUT2D eigenvalue weighted by molar-refractivity contribution is 5.83. The largest absolute Gasteiger partial charge is 0.506 e. The molecule has 3 nitrogen and oxygen atoms in total. The van der Waals surface area contributed by atoms with Crippen LogP contribution in [-0.4, -0.2) is 17.9 Å².